The Balaban J connectivity index is 1.76. The van der Waals surface area contributed by atoms with Crippen LogP contribution in [0.3, 0.4) is 0 Å². The van der Waals surface area contributed by atoms with Gasteiger partial charge in [0.1, 0.15) is 12.7 Å². The Morgan fingerprint density at radius 2 is 2.16 bits per heavy atom. The number of benzene rings is 1. The second kappa shape index (κ2) is 4.40. The molecule has 1 amide bonds. The van der Waals surface area contributed by atoms with Crippen LogP contribution in [0, 0.1) is 0 Å². The molecule has 6 nitrogen and oxygen atoms in total. The zero-order valence-corrected chi connectivity index (χ0v) is 10.6. The van der Waals surface area contributed by atoms with E-state index in [1.807, 2.05) is 30.3 Å². The Morgan fingerprint density at radius 1 is 1.42 bits per heavy atom. The van der Waals surface area contributed by atoms with Gasteiger partial charge in [0.15, 0.2) is 0 Å². The van der Waals surface area contributed by atoms with E-state index in [2.05, 4.69) is 5.32 Å². The van der Waals surface area contributed by atoms with Crippen LogP contribution in [0.1, 0.15) is 0 Å². The summed E-state index contributed by atoms with van der Waals surface area (Å²) in [7, 11) is 1.57. The first-order valence-corrected chi connectivity index (χ1v) is 6.18. The number of aliphatic hydroxyl groups excluding tert-OH is 1. The van der Waals surface area contributed by atoms with Gasteiger partial charge < -0.3 is 19.9 Å². The van der Waals surface area contributed by atoms with Gasteiger partial charge in [-0.1, -0.05) is 18.2 Å². The lowest BCUT2D eigenvalue weighted by molar-refractivity contribution is -0.124. The summed E-state index contributed by atoms with van der Waals surface area (Å²) >= 11 is 0. The molecule has 2 aliphatic heterocycles. The molecule has 1 aromatic rings. The van der Waals surface area contributed by atoms with Crippen LogP contribution in [0.2, 0.25) is 0 Å². The third-order valence-corrected chi connectivity index (χ3v) is 3.73. The maximum Gasteiger partial charge on any atom is 0.412 e. The summed E-state index contributed by atoms with van der Waals surface area (Å²) in [6, 6.07) is 9.30. The van der Waals surface area contributed by atoms with Gasteiger partial charge >= 0.3 is 6.09 Å². The predicted molar refractivity (Wildman–Crippen MR) is 67.7 cm³/mol. The van der Waals surface area contributed by atoms with Gasteiger partial charge in [0.25, 0.3) is 0 Å². The van der Waals surface area contributed by atoms with Gasteiger partial charge in [-0.15, -0.1) is 0 Å². The van der Waals surface area contributed by atoms with Gasteiger partial charge in [0, 0.05) is 12.7 Å². The van der Waals surface area contributed by atoms with Gasteiger partial charge in [0.05, 0.1) is 12.6 Å². The van der Waals surface area contributed by atoms with Crippen LogP contribution in [0.15, 0.2) is 30.3 Å². The topological polar surface area (TPSA) is 71.0 Å². The van der Waals surface area contributed by atoms with Crippen LogP contribution in [0.25, 0.3) is 0 Å². The highest BCUT2D eigenvalue weighted by molar-refractivity contribution is 5.70. The summed E-state index contributed by atoms with van der Waals surface area (Å²) in [5.74, 6) is 0. The fourth-order valence-electron chi connectivity index (χ4n) is 2.53. The fraction of sp³-hybridized carbons (Fsp3) is 0.462. The zero-order valence-electron chi connectivity index (χ0n) is 10.6. The molecule has 0 unspecified atom stereocenters. The molecule has 19 heavy (non-hydrogen) atoms. The van der Waals surface area contributed by atoms with Gasteiger partial charge in [-0.3, -0.25) is 4.90 Å². The standard InChI is InChI=1S/C13H16N2O4/c1-15-12(17)18-8-13(15)11(16)10(7-19-13)14-9-5-3-2-4-6-9/h2-6,10-11,14,16H,7-8H2,1H3/t10-,11+,13-/m0/s1. The second-order valence-corrected chi connectivity index (χ2v) is 4.83. The van der Waals surface area contributed by atoms with Crippen molar-refractivity contribution in [3.05, 3.63) is 30.3 Å². The number of aliphatic hydroxyl groups is 1. The second-order valence-electron chi connectivity index (χ2n) is 4.83. The van der Waals surface area contributed by atoms with Gasteiger partial charge in [-0.25, -0.2) is 4.79 Å². The number of rotatable bonds is 2. The molecule has 0 bridgehead atoms. The molecule has 0 aromatic heterocycles. The summed E-state index contributed by atoms with van der Waals surface area (Å²) in [4.78, 5) is 12.8. The number of cyclic esters (lactones) is 1. The van der Waals surface area contributed by atoms with Gasteiger partial charge in [-0.05, 0) is 12.1 Å². The number of nitrogens with one attached hydrogen (secondary N) is 1. The van der Waals surface area contributed by atoms with Crippen molar-refractivity contribution in [3.8, 4) is 0 Å². The Kier molecular flexibility index (Phi) is 2.83. The van der Waals surface area contributed by atoms with E-state index in [-0.39, 0.29) is 12.6 Å². The van der Waals surface area contributed by atoms with E-state index < -0.39 is 17.9 Å². The molecular formula is C13H16N2O4. The van der Waals surface area contributed by atoms with Crippen molar-refractivity contribution >= 4 is 11.8 Å². The van der Waals surface area contributed by atoms with Crippen LogP contribution in [-0.2, 0) is 9.47 Å². The van der Waals surface area contributed by atoms with Crippen molar-refractivity contribution in [3.63, 3.8) is 0 Å². The minimum absolute atomic E-state index is 0.0521. The Hall–Kier alpha value is -1.79. The van der Waals surface area contributed by atoms with Crippen LogP contribution in [0.5, 0.6) is 0 Å². The lowest BCUT2D eigenvalue weighted by Gasteiger charge is -2.31. The Morgan fingerprint density at radius 3 is 2.79 bits per heavy atom. The molecule has 2 heterocycles. The maximum absolute atomic E-state index is 11.4. The molecule has 2 saturated heterocycles. The number of nitrogens with zero attached hydrogens (tertiary/aromatic N) is 1. The smallest absolute Gasteiger partial charge is 0.412 e. The SMILES string of the molecule is CN1C(=O)OC[C@@]12OC[C@H](Nc1ccccc1)[C@H]2O. The third kappa shape index (κ3) is 1.84. The summed E-state index contributed by atoms with van der Waals surface area (Å²) in [5, 5.41) is 13.6. The molecule has 102 valence electrons. The molecule has 3 atom stereocenters. The molecule has 1 spiro atoms. The van der Waals surface area contributed by atoms with Crippen molar-refractivity contribution in [2.75, 3.05) is 25.6 Å². The summed E-state index contributed by atoms with van der Waals surface area (Å²) in [5.41, 5.74) is -0.163. The molecule has 6 heteroatoms. The lowest BCUT2D eigenvalue weighted by Crippen LogP contribution is -2.55. The minimum Gasteiger partial charge on any atom is -0.444 e. The highest BCUT2D eigenvalue weighted by atomic mass is 16.6. The van der Waals surface area contributed by atoms with E-state index in [0.29, 0.717) is 6.61 Å². The van der Waals surface area contributed by atoms with Crippen molar-refractivity contribution in [1.82, 2.24) is 4.90 Å². The molecule has 0 saturated carbocycles. The van der Waals surface area contributed by atoms with E-state index in [9.17, 15) is 9.90 Å². The molecule has 1 aromatic carbocycles. The zero-order chi connectivity index (χ0) is 13.5. The average Bonchev–Trinajstić information content (AvgIpc) is 2.89. The predicted octanol–water partition coefficient (Wildman–Crippen LogP) is 0.636. The average molecular weight is 264 g/mol. The fourth-order valence-corrected chi connectivity index (χ4v) is 2.53. The molecule has 2 aliphatic rings. The molecule has 0 radical (unpaired) electrons. The van der Waals surface area contributed by atoms with Crippen molar-refractivity contribution in [2.24, 2.45) is 0 Å². The molecule has 0 aliphatic carbocycles. The van der Waals surface area contributed by atoms with Crippen molar-refractivity contribution in [1.29, 1.82) is 0 Å². The summed E-state index contributed by atoms with van der Waals surface area (Å²) in [6.07, 6.45) is -1.32. The number of likely N-dealkylation sites (N-methyl/N-ethyl adjacent to an activating group) is 1. The van der Waals surface area contributed by atoms with E-state index in [4.69, 9.17) is 9.47 Å². The molecule has 3 rings (SSSR count). The van der Waals surface area contributed by atoms with Crippen LogP contribution >= 0.6 is 0 Å². The molecular weight excluding hydrogens is 248 g/mol. The Labute approximate surface area is 110 Å². The van der Waals surface area contributed by atoms with E-state index in [1.54, 1.807) is 7.05 Å². The number of hydrogen-bond donors (Lipinski definition) is 2. The largest absolute Gasteiger partial charge is 0.444 e. The van der Waals surface area contributed by atoms with Crippen molar-refractivity contribution < 1.29 is 19.4 Å². The van der Waals surface area contributed by atoms with Crippen LogP contribution < -0.4 is 5.32 Å². The first-order chi connectivity index (χ1) is 9.13. The molecule has 2 N–H and O–H groups in total. The van der Waals surface area contributed by atoms with Crippen molar-refractivity contribution in [2.45, 2.75) is 17.9 Å². The van der Waals surface area contributed by atoms with Crippen LogP contribution in [-0.4, -0.2) is 54.2 Å². The quantitative estimate of drug-likeness (QED) is 0.820. The third-order valence-electron chi connectivity index (χ3n) is 3.73. The number of para-hydroxylation sites is 1. The minimum atomic E-state index is -1.07. The first kappa shape index (κ1) is 12.3. The number of ether oxygens (including phenoxy) is 2. The van der Waals surface area contributed by atoms with Crippen LogP contribution in [0.4, 0.5) is 10.5 Å². The van der Waals surface area contributed by atoms with E-state index in [1.165, 1.54) is 4.90 Å². The normalized spacial score (nSPS) is 33.8. The number of amides is 1. The van der Waals surface area contributed by atoms with Gasteiger partial charge in [-0.2, -0.15) is 0 Å². The Bertz CT molecular complexity index is 481. The van der Waals surface area contributed by atoms with E-state index in [0.717, 1.165) is 5.69 Å². The number of anilines is 1. The summed E-state index contributed by atoms with van der Waals surface area (Å²) in [6.45, 7) is 0.369. The maximum atomic E-state index is 11.4. The number of carbonyl (C=O) groups is 1. The van der Waals surface area contributed by atoms with Gasteiger partial charge in [0.2, 0.25) is 5.72 Å². The first-order valence-electron chi connectivity index (χ1n) is 6.18. The summed E-state index contributed by atoms with van der Waals surface area (Å²) < 4.78 is 10.6. The monoisotopic (exact) mass is 264 g/mol. The lowest BCUT2D eigenvalue weighted by atomic mass is 10.0. The highest BCUT2D eigenvalue weighted by Crippen LogP contribution is 2.35. The molecule has 2 fully saturated rings. The highest BCUT2D eigenvalue weighted by Gasteiger charge is 2.58. The van der Waals surface area contributed by atoms with E-state index >= 15 is 0 Å². The number of carbonyl (C=O) groups excluding carboxylic acids is 1. The number of hydrogen-bond acceptors (Lipinski definition) is 5.